The fourth-order valence-corrected chi connectivity index (χ4v) is 36.5. The normalized spacial score (nSPS) is 18.7. The molecule has 0 aromatic heterocycles. The molecular weight excluding hydrogens is 2070 g/mol. The number of thioether (sulfide) groups is 6. The number of fused-ring (bicyclic) bond motifs is 13. The molecule has 13 aromatic carbocycles. The summed E-state index contributed by atoms with van der Waals surface area (Å²) in [6, 6.07) is 99.4. The van der Waals surface area contributed by atoms with Gasteiger partial charge in [-0.25, -0.2) is 50.5 Å². The van der Waals surface area contributed by atoms with E-state index in [9.17, 15) is 58.9 Å². The lowest BCUT2D eigenvalue weighted by Gasteiger charge is -2.17. The van der Waals surface area contributed by atoms with Gasteiger partial charge in [0.15, 0.2) is 75.6 Å². The third kappa shape index (κ3) is 31.3. The molecule has 13 aromatic rings. The smallest absolute Gasteiger partial charge is 0.194 e. The second-order valence-corrected chi connectivity index (χ2v) is 55.3. The van der Waals surface area contributed by atoms with Gasteiger partial charge in [0.05, 0.1) is 93.0 Å². The van der Waals surface area contributed by atoms with Crippen molar-refractivity contribution in [1.29, 1.82) is 0 Å². The predicted octanol–water partition coefficient (Wildman–Crippen LogP) is 21.8. The summed E-state index contributed by atoms with van der Waals surface area (Å²) in [5.41, 5.74) is 7.94. The van der Waals surface area contributed by atoms with Crippen LogP contribution in [0.25, 0.3) is 0 Å². The van der Waals surface area contributed by atoms with Gasteiger partial charge in [-0.05, 0) is 225 Å². The third-order valence-electron chi connectivity index (χ3n) is 22.8. The van der Waals surface area contributed by atoms with E-state index in [1.54, 1.807) is 42.0 Å². The van der Waals surface area contributed by atoms with Gasteiger partial charge >= 0.3 is 0 Å². The van der Waals surface area contributed by atoms with Gasteiger partial charge in [-0.3, -0.25) is 8.42 Å². The first kappa shape index (κ1) is 108. The molecule has 35 heteroatoms. The van der Waals surface area contributed by atoms with E-state index in [0.717, 1.165) is 107 Å². The summed E-state index contributed by atoms with van der Waals surface area (Å²) in [4.78, 5) is 11.0. The second kappa shape index (κ2) is 53.6. The van der Waals surface area contributed by atoms with Gasteiger partial charge in [-0.1, -0.05) is 188 Å². The Hall–Kier alpha value is -9.44. The Morgan fingerprint density at radius 2 is 0.620 bits per heavy atom. The molecule has 0 saturated carbocycles. The number of rotatable bonds is 0. The van der Waals surface area contributed by atoms with E-state index >= 15 is 0 Å². The highest BCUT2D eigenvalue weighted by Gasteiger charge is 2.39. The van der Waals surface area contributed by atoms with Gasteiger partial charge < -0.3 is 33.7 Å². The summed E-state index contributed by atoms with van der Waals surface area (Å²) in [6.45, 7) is 5.03. The fourth-order valence-electron chi connectivity index (χ4n) is 15.8. The molecule has 142 heavy (non-hydrogen) atoms. The van der Waals surface area contributed by atoms with Crippen molar-refractivity contribution in [2.75, 3.05) is 119 Å². The van der Waals surface area contributed by atoms with Crippen LogP contribution in [0.1, 0.15) is 59.9 Å². The number of ether oxygens (including phenoxy) is 6. The number of hydrogen-bond donors (Lipinski definition) is 1. The van der Waals surface area contributed by atoms with Crippen LogP contribution in [0.4, 0.5) is 5.69 Å². The zero-order valence-electron chi connectivity index (χ0n) is 77.9. The standard InChI is InChI=1S/C9H11N.C9H10O2S.C9H10OS.C9H10O.C9H10S.C8H8O4S2.C8H8O3S.C8H8O2S.C8H8O2.C8H8OS.C8H8S2.C7H6O4S2.C7H6S2/c1-2-6-9-8(4-1)5-3-7-10-9;10-12(11)7-3-5-8-4-1-2-6-9(8)12;10-11-7-3-5-8-4-1-2-6-9(8)11;2*1-2-6-9-8(4-1)5-3-7-10-9;9-13(10)5-6-14(11,12)8-4-2-1-3-7(8)13;9-12(10)6-5-11-7-3-1-2-4-8(7)12;9-11-6-5-10-7-3-1-2-4-8(7)11;3*1-2-4-8-7(3-1)9-5-6-10-8;8-12(9)5-13(10,11)7-4-2-1-3-6(7)12;1-2-4-7-6(3-1)8-5-9-7/h1-2,4,6,10H,3,5,7H2;1-2,4,6H,3,5,7H2;1-2,4,6H,3,5,7H2;2*1-2,4,6H,3,5,7H2;1-4H,5-6H2;1-4H,5-6H2;1-4H,5-6H2;3*1-4H,5-6H2;1-4H,5H2;1-4H,5H2. The van der Waals surface area contributed by atoms with E-state index in [1.165, 1.54) is 155 Å². The molecule has 2 atom stereocenters. The molecule has 13 aliphatic rings. The van der Waals surface area contributed by atoms with Crippen LogP contribution in [-0.2, 0) is 113 Å². The molecule has 13 aliphatic heterocycles. The van der Waals surface area contributed by atoms with Crippen LogP contribution >= 0.6 is 70.6 Å². The van der Waals surface area contributed by atoms with Gasteiger partial charge in [0.25, 0.3) is 0 Å². The number of sulfone groups is 6. The summed E-state index contributed by atoms with van der Waals surface area (Å²) >= 11 is 11.6. The predicted molar refractivity (Wildman–Crippen MR) is 576 cm³/mol. The summed E-state index contributed by atoms with van der Waals surface area (Å²) in [5, 5.41) is 3.76. The molecule has 26 rings (SSSR count). The molecule has 0 spiro atoms. The van der Waals surface area contributed by atoms with Crippen LogP contribution in [-0.4, -0.2) is 173 Å². The first-order valence-electron chi connectivity index (χ1n) is 46.3. The van der Waals surface area contributed by atoms with E-state index in [2.05, 4.69) is 127 Å². The first-order chi connectivity index (χ1) is 68.8. The van der Waals surface area contributed by atoms with E-state index in [1.807, 2.05) is 180 Å². The molecule has 0 amide bonds. The number of nitrogens with one attached hydrogen (secondary N) is 1. The number of benzene rings is 13. The summed E-state index contributed by atoms with van der Waals surface area (Å²) in [6.07, 6.45) is 11.3. The topological polar surface area (TPSA) is 306 Å². The van der Waals surface area contributed by atoms with Crippen LogP contribution in [0.5, 0.6) is 34.5 Å². The van der Waals surface area contributed by atoms with Crippen molar-refractivity contribution in [3.05, 3.63) is 343 Å². The molecule has 0 radical (unpaired) electrons. The van der Waals surface area contributed by atoms with Crippen molar-refractivity contribution in [3.8, 4) is 34.5 Å². The zero-order chi connectivity index (χ0) is 99.6. The highest BCUT2D eigenvalue weighted by molar-refractivity contribution is 8.18. The highest BCUT2D eigenvalue weighted by Crippen LogP contribution is 2.42. The minimum atomic E-state index is -3.60. The highest BCUT2D eigenvalue weighted by atomic mass is 32.3. The first-order valence-corrected chi connectivity index (χ1v) is 64.8. The SMILES string of the molecule is O=S1(=O)CCCc2ccccc21.O=S1(=O)CCOc2ccccc21.O=S1(=O)CCS(=O)(=O)c2ccccc21.O=S1(=O)CS(=O)(=O)c2ccccc21.O=S1CCCc2ccccc21.O=S1CCOc2ccccc21.c1ccc2c(c1)CCCN2.c1ccc2c(c1)CCCO2.c1ccc2c(c1)CCCS2.c1ccc2c(c1)OCCO2.c1ccc2c(c1)OCCS2.c1ccc2c(c1)SCCS2.c1ccc2c(c1)SCS2. The summed E-state index contributed by atoms with van der Waals surface area (Å²) in [5.74, 6) is 11.2. The maximum Gasteiger partial charge on any atom is 0.194 e. The molecule has 0 bridgehead atoms. The van der Waals surface area contributed by atoms with Gasteiger partial charge in [-0.2, -0.15) is 0 Å². The van der Waals surface area contributed by atoms with Gasteiger partial charge in [-0.15, -0.1) is 70.6 Å². The minimum absolute atomic E-state index is 0.0637. The Bertz CT molecular complexity index is 6420. The summed E-state index contributed by atoms with van der Waals surface area (Å²) < 4.78 is 191. The van der Waals surface area contributed by atoms with E-state index in [0.29, 0.717) is 46.9 Å². The molecule has 1 N–H and O–H groups in total. The molecule has 13 heterocycles. The third-order valence-corrected chi connectivity index (χ3v) is 45.0. The summed E-state index contributed by atoms with van der Waals surface area (Å²) in [7, 11) is -21.6. The lowest BCUT2D eigenvalue weighted by molar-refractivity contribution is 0.171. The Balaban J connectivity index is 0.000000122. The number of aryl methyl sites for hydroxylation is 5. The number of anilines is 1. The second-order valence-electron chi connectivity index (χ2n) is 32.7. The largest absolute Gasteiger partial charge is 0.493 e. The van der Waals surface area contributed by atoms with Crippen molar-refractivity contribution >= 4 is 157 Å². The Labute approximate surface area is 865 Å². The molecular formula is C107H111NO20S14. The molecule has 2 unspecified atom stereocenters. The van der Waals surface area contributed by atoms with Gasteiger partial charge in [0.2, 0.25) is 0 Å². The lowest BCUT2D eigenvalue weighted by Crippen LogP contribution is -2.25. The average molecular weight is 2180 g/mol. The van der Waals surface area contributed by atoms with Crippen molar-refractivity contribution in [2.24, 2.45) is 0 Å². The zero-order valence-corrected chi connectivity index (χ0v) is 89.3. The Kier molecular flexibility index (Phi) is 40.9. The maximum atomic E-state index is 11.5. The van der Waals surface area contributed by atoms with Crippen LogP contribution in [0, 0.1) is 0 Å². The van der Waals surface area contributed by atoms with Crippen molar-refractivity contribution in [3.63, 3.8) is 0 Å². The van der Waals surface area contributed by atoms with Crippen LogP contribution in [0.15, 0.2) is 384 Å². The molecule has 0 fully saturated rings. The van der Waals surface area contributed by atoms with E-state index < -0.39 is 85.7 Å². The Morgan fingerprint density at radius 1 is 0.232 bits per heavy atom. The fraction of sp³-hybridized carbons (Fsp3) is 0.271. The molecule has 21 nitrogen and oxygen atoms in total. The van der Waals surface area contributed by atoms with Crippen LogP contribution in [0.3, 0.4) is 0 Å². The maximum absolute atomic E-state index is 11.5. The lowest BCUT2D eigenvalue weighted by atomic mass is 10.0. The monoisotopic (exact) mass is 2180 g/mol. The number of hydrogen-bond acceptors (Lipinski definition) is 27. The van der Waals surface area contributed by atoms with E-state index in [4.69, 9.17) is 28.4 Å². The number of para-hydroxylation sites is 7. The molecule has 0 aliphatic carbocycles. The van der Waals surface area contributed by atoms with Crippen molar-refractivity contribution < 1.29 is 87.3 Å². The molecule has 0 saturated heterocycles. The van der Waals surface area contributed by atoms with Gasteiger partial charge in [0.1, 0.15) is 54.3 Å². The van der Waals surface area contributed by atoms with E-state index in [-0.39, 0.29) is 43.4 Å². The minimum Gasteiger partial charge on any atom is -0.493 e. The van der Waals surface area contributed by atoms with Crippen molar-refractivity contribution in [2.45, 2.75) is 133 Å². The van der Waals surface area contributed by atoms with Crippen LogP contribution < -0.4 is 33.7 Å². The Morgan fingerprint density at radius 3 is 1.18 bits per heavy atom. The molecule has 748 valence electrons. The van der Waals surface area contributed by atoms with Crippen molar-refractivity contribution in [1.82, 2.24) is 0 Å². The van der Waals surface area contributed by atoms with Crippen LogP contribution in [0.2, 0.25) is 0 Å². The average Bonchev–Trinajstić information content (AvgIpc) is 1.47. The quantitative estimate of drug-likeness (QED) is 0.147. The van der Waals surface area contributed by atoms with Gasteiger partial charge in [0, 0.05) is 74.6 Å².